The molecule has 0 radical (unpaired) electrons. The number of nitrogens with zero attached hydrogens (tertiary/aromatic N) is 1. The van der Waals surface area contributed by atoms with Gasteiger partial charge in [0.1, 0.15) is 5.69 Å². The van der Waals surface area contributed by atoms with Crippen molar-refractivity contribution in [3.63, 3.8) is 0 Å². The lowest BCUT2D eigenvalue weighted by atomic mass is 10.2. The fourth-order valence-electron chi connectivity index (χ4n) is 1.38. The van der Waals surface area contributed by atoms with Crippen molar-refractivity contribution in [1.29, 1.82) is 0 Å². The van der Waals surface area contributed by atoms with Gasteiger partial charge >= 0.3 is 0 Å². The number of carbonyl (C=O) groups excluding carboxylic acids is 1. The van der Waals surface area contributed by atoms with E-state index in [9.17, 15) is 4.79 Å². The van der Waals surface area contributed by atoms with Crippen LogP contribution in [-0.4, -0.2) is 17.5 Å². The molecule has 2 aromatic rings. The number of aromatic nitrogens is 1. The van der Waals surface area contributed by atoms with Crippen LogP contribution in [0, 0.1) is 0 Å². The third-order valence-electron chi connectivity index (χ3n) is 2.14. The summed E-state index contributed by atoms with van der Waals surface area (Å²) >= 11 is 0. The first-order valence-corrected chi connectivity index (χ1v) is 5.09. The summed E-state index contributed by atoms with van der Waals surface area (Å²) in [5.74, 6) is -0.326. The van der Waals surface area contributed by atoms with Crippen molar-refractivity contribution in [2.24, 2.45) is 0 Å². The SMILES string of the molecule is CCONC(=O)c1ccc2ccccc2n1. The standard InChI is InChI=1S/C12H12N2O2/c1-2-16-14-12(15)11-8-7-9-5-3-4-6-10(9)13-11/h3-8H,2H2,1H3,(H,14,15). The molecule has 0 aliphatic carbocycles. The van der Waals surface area contributed by atoms with Gasteiger partial charge in [-0.25, -0.2) is 10.5 Å². The molecule has 0 unspecified atom stereocenters. The van der Waals surface area contributed by atoms with Gasteiger partial charge in [-0.15, -0.1) is 0 Å². The van der Waals surface area contributed by atoms with Crippen LogP contribution in [0.3, 0.4) is 0 Å². The second-order valence-electron chi connectivity index (χ2n) is 3.25. The van der Waals surface area contributed by atoms with E-state index in [-0.39, 0.29) is 5.91 Å². The van der Waals surface area contributed by atoms with Crippen LogP contribution in [0.4, 0.5) is 0 Å². The minimum absolute atomic E-state index is 0.326. The number of para-hydroxylation sites is 1. The second-order valence-corrected chi connectivity index (χ2v) is 3.25. The molecular weight excluding hydrogens is 204 g/mol. The highest BCUT2D eigenvalue weighted by atomic mass is 16.6. The number of hydrogen-bond acceptors (Lipinski definition) is 3. The van der Waals surface area contributed by atoms with Gasteiger partial charge in [0, 0.05) is 5.39 Å². The summed E-state index contributed by atoms with van der Waals surface area (Å²) in [6.07, 6.45) is 0. The Morgan fingerprint density at radius 2 is 2.12 bits per heavy atom. The lowest BCUT2D eigenvalue weighted by molar-refractivity contribution is 0.0360. The lowest BCUT2D eigenvalue weighted by Gasteiger charge is -2.03. The van der Waals surface area contributed by atoms with Crippen molar-refractivity contribution in [3.8, 4) is 0 Å². The molecule has 4 heteroatoms. The topological polar surface area (TPSA) is 51.2 Å². The summed E-state index contributed by atoms with van der Waals surface area (Å²) in [4.78, 5) is 20.6. The maximum Gasteiger partial charge on any atom is 0.293 e. The molecule has 0 aliphatic heterocycles. The molecule has 16 heavy (non-hydrogen) atoms. The van der Waals surface area contributed by atoms with E-state index in [1.54, 1.807) is 13.0 Å². The first kappa shape index (κ1) is 10.6. The van der Waals surface area contributed by atoms with Gasteiger partial charge in [-0.1, -0.05) is 24.3 Å². The normalized spacial score (nSPS) is 10.3. The first-order valence-electron chi connectivity index (χ1n) is 5.09. The van der Waals surface area contributed by atoms with Crippen LogP contribution in [-0.2, 0) is 4.84 Å². The molecule has 2 rings (SSSR count). The highest BCUT2D eigenvalue weighted by Gasteiger charge is 2.07. The highest BCUT2D eigenvalue weighted by molar-refractivity contribution is 5.94. The van der Waals surface area contributed by atoms with Crippen LogP contribution < -0.4 is 5.48 Å². The molecule has 0 atom stereocenters. The summed E-state index contributed by atoms with van der Waals surface area (Å²) in [6.45, 7) is 2.23. The van der Waals surface area contributed by atoms with Crippen molar-refractivity contribution < 1.29 is 9.63 Å². The Hall–Kier alpha value is -1.94. The zero-order chi connectivity index (χ0) is 11.4. The van der Waals surface area contributed by atoms with Crippen LogP contribution in [0.5, 0.6) is 0 Å². The summed E-state index contributed by atoms with van der Waals surface area (Å²) < 4.78 is 0. The minimum Gasteiger partial charge on any atom is -0.274 e. The van der Waals surface area contributed by atoms with Crippen molar-refractivity contribution in [2.45, 2.75) is 6.92 Å². The summed E-state index contributed by atoms with van der Waals surface area (Å²) in [7, 11) is 0. The molecule has 0 spiro atoms. The van der Waals surface area contributed by atoms with E-state index >= 15 is 0 Å². The monoisotopic (exact) mass is 216 g/mol. The minimum atomic E-state index is -0.326. The Morgan fingerprint density at radius 1 is 1.31 bits per heavy atom. The number of fused-ring (bicyclic) bond motifs is 1. The van der Waals surface area contributed by atoms with E-state index in [1.807, 2.05) is 30.3 Å². The molecule has 0 aliphatic rings. The third-order valence-corrected chi connectivity index (χ3v) is 2.14. The van der Waals surface area contributed by atoms with Gasteiger partial charge in [-0.05, 0) is 19.1 Å². The van der Waals surface area contributed by atoms with Gasteiger partial charge in [0.15, 0.2) is 0 Å². The van der Waals surface area contributed by atoms with Crippen LogP contribution in [0.15, 0.2) is 36.4 Å². The molecule has 0 fully saturated rings. The van der Waals surface area contributed by atoms with E-state index in [4.69, 9.17) is 4.84 Å². The molecule has 1 amide bonds. The zero-order valence-electron chi connectivity index (χ0n) is 8.93. The van der Waals surface area contributed by atoms with Crippen molar-refractivity contribution in [2.75, 3.05) is 6.61 Å². The average Bonchev–Trinajstić information content (AvgIpc) is 2.35. The molecule has 82 valence electrons. The van der Waals surface area contributed by atoms with E-state index in [1.165, 1.54) is 0 Å². The quantitative estimate of drug-likeness (QED) is 0.797. The van der Waals surface area contributed by atoms with Crippen LogP contribution >= 0.6 is 0 Å². The Kier molecular flexibility index (Phi) is 3.12. The maximum atomic E-state index is 11.5. The summed E-state index contributed by atoms with van der Waals surface area (Å²) in [6, 6.07) is 11.2. The Bertz CT molecular complexity index is 511. The molecule has 0 saturated heterocycles. The fraction of sp³-hybridized carbons (Fsp3) is 0.167. The largest absolute Gasteiger partial charge is 0.293 e. The van der Waals surface area contributed by atoms with Crippen LogP contribution in [0.1, 0.15) is 17.4 Å². The zero-order valence-corrected chi connectivity index (χ0v) is 8.93. The Labute approximate surface area is 93.2 Å². The lowest BCUT2D eigenvalue weighted by Crippen LogP contribution is -2.24. The number of benzene rings is 1. The number of nitrogens with one attached hydrogen (secondary N) is 1. The van der Waals surface area contributed by atoms with Crippen molar-refractivity contribution in [3.05, 3.63) is 42.1 Å². The molecule has 1 heterocycles. The van der Waals surface area contributed by atoms with Gasteiger partial charge < -0.3 is 0 Å². The summed E-state index contributed by atoms with van der Waals surface area (Å²) in [5.41, 5.74) is 3.46. The second kappa shape index (κ2) is 4.72. The molecule has 1 aromatic heterocycles. The highest BCUT2D eigenvalue weighted by Crippen LogP contribution is 2.11. The van der Waals surface area contributed by atoms with Crippen molar-refractivity contribution in [1.82, 2.24) is 10.5 Å². The van der Waals surface area contributed by atoms with Gasteiger partial charge in [0.2, 0.25) is 0 Å². The van der Waals surface area contributed by atoms with E-state index in [0.717, 1.165) is 10.9 Å². The number of amides is 1. The summed E-state index contributed by atoms with van der Waals surface area (Å²) in [5, 5.41) is 1.01. The Morgan fingerprint density at radius 3 is 2.94 bits per heavy atom. The van der Waals surface area contributed by atoms with Gasteiger partial charge in [0.05, 0.1) is 12.1 Å². The first-order chi connectivity index (χ1) is 7.81. The molecule has 4 nitrogen and oxygen atoms in total. The maximum absolute atomic E-state index is 11.5. The Balaban J connectivity index is 2.28. The van der Waals surface area contributed by atoms with Gasteiger partial charge in [-0.3, -0.25) is 9.63 Å². The smallest absolute Gasteiger partial charge is 0.274 e. The third kappa shape index (κ3) is 2.17. The van der Waals surface area contributed by atoms with Crippen molar-refractivity contribution >= 4 is 16.8 Å². The molecular formula is C12H12N2O2. The number of pyridine rings is 1. The number of carbonyl (C=O) groups is 1. The molecule has 0 saturated carbocycles. The van der Waals surface area contributed by atoms with E-state index in [0.29, 0.717) is 12.3 Å². The van der Waals surface area contributed by atoms with Crippen LogP contribution in [0.25, 0.3) is 10.9 Å². The predicted octanol–water partition coefficient (Wildman–Crippen LogP) is 1.92. The molecule has 1 aromatic carbocycles. The van der Waals surface area contributed by atoms with E-state index < -0.39 is 0 Å². The van der Waals surface area contributed by atoms with Gasteiger partial charge in [-0.2, -0.15) is 0 Å². The number of rotatable bonds is 3. The number of hydroxylamine groups is 1. The van der Waals surface area contributed by atoms with E-state index in [2.05, 4.69) is 10.5 Å². The molecule has 0 bridgehead atoms. The van der Waals surface area contributed by atoms with Gasteiger partial charge in [0.25, 0.3) is 5.91 Å². The number of hydrogen-bond donors (Lipinski definition) is 1. The molecule has 1 N–H and O–H groups in total. The fourth-order valence-corrected chi connectivity index (χ4v) is 1.38. The van der Waals surface area contributed by atoms with Crippen LogP contribution in [0.2, 0.25) is 0 Å². The average molecular weight is 216 g/mol. The predicted molar refractivity (Wildman–Crippen MR) is 60.8 cm³/mol.